The van der Waals surface area contributed by atoms with Crippen LogP contribution in [0.3, 0.4) is 0 Å². The van der Waals surface area contributed by atoms with Gasteiger partial charge in [-0.15, -0.1) is 0 Å². The van der Waals surface area contributed by atoms with Crippen molar-refractivity contribution >= 4 is 12.0 Å². The minimum atomic E-state index is -0.462. The van der Waals surface area contributed by atoms with Crippen molar-refractivity contribution in [2.45, 2.75) is 32.4 Å². The van der Waals surface area contributed by atoms with Crippen LogP contribution in [0.1, 0.15) is 20.3 Å². The van der Waals surface area contributed by atoms with E-state index >= 15 is 0 Å². The molecule has 1 aliphatic rings. The van der Waals surface area contributed by atoms with Crippen molar-refractivity contribution in [3.8, 4) is 0 Å². The van der Waals surface area contributed by atoms with Gasteiger partial charge in [0.1, 0.15) is 0 Å². The van der Waals surface area contributed by atoms with E-state index in [9.17, 15) is 9.59 Å². The molecule has 1 heterocycles. The minimum absolute atomic E-state index is 0.0325. The summed E-state index contributed by atoms with van der Waals surface area (Å²) in [5.74, 6) is -0.0325. The fourth-order valence-corrected chi connectivity index (χ4v) is 1.12. The summed E-state index contributed by atoms with van der Waals surface area (Å²) in [4.78, 5) is 21.8. The second-order valence-electron chi connectivity index (χ2n) is 3.30. The van der Waals surface area contributed by atoms with E-state index in [1.165, 1.54) is 0 Å². The van der Waals surface area contributed by atoms with Crippen LogP contribution in [0.25, 0.3) is 0 Å². The lowest BCUT2D eigenvalue weighted by molar-refractivity contribution is -0.119. The fourth-order valence-electron chi connectivity index (χ4n) is 1.12. The average Bonchev–Trinajstić information content (AvgIpc) is 2.33. The highest BCUT2D eigenvalue weighted by Gasteiger charge is 2.23. The van der Waals surface area contributed by atoms with Gasteiger partial charge in [0.15, 0.2) is 0 Å². The molecule has 5 heteroatoms. The zero-order chi connectivity index (χ0) is 9.84. The van der Waals surface area contributed by atoms with Crippen LogP contribution in [0.15, 0.2) is 0 Å². The lowest BCUT2D eigenvalue weighted by atomic mass is 10.3. The Morgan fingerprint density at radius 3 is 2.85 bits per heavy atom. The van der Waals surface area contributed by atoms with E-state index in [4.69, 9.17) is 4.74 Å². The van der Waals surface area contributed by atoms with E-state index < -0.39 is 6.09 Å². The summed E-state index contributed by atoms with van der Waals surface area (Å²) in [5.41, 5.74) is 0. The first-order valence-corrected chi connectivity index (χ1v) is 4.32. The van der Waals surface area contributed by atoms with Gasteiger partial charge in [-0.05, 0) is 13.8 Å². The third-order valence-corrected chi connectivity index (χ3v) is 1.64. The number of amides is 2. The molecular formula is C8H14N2O3. The number of hydrogen-bond acceptors (Lipinski definition) is 3. The Morgan fingerprint density at radius 1 is 1.69 bits per heavy atom. The molecular weight excluding hydrogens is 172 g/mol. The van der Waals surface area contributed by atoms with Crippen LogP contribution in [-0.2, 0) is 9.53 Å². The highest BCUT2D eigenvalue weighted by atomic mass is 16.6. The van der Waals surface area contributed by atoms with Crippen molar-refractivity contribution < 1.29 is 14.3 Å². The second kappa shape index (κ2) is 4.11. The number of carbonyl (C=O) groups excluding carboxylic acids is 2. The number of ether oxygens (including phenoxy) is 1. The van der Waals surface area contributed by atoms with Gasteiger partial charge < -0.3 is 15.4 Å². The Balaban J connectivity index is 2.24. The SMILES string of the molecule is CC(C)OC(=O)NC1CNC(=O)C1. The molecule has 0 aromatic rings. The van der Waals surface area contributed by atoms with Gasteiger partial charge in [-0.25, -0.2) is 4.79 Å². The standard InChI is InChI=1S/C8H14N2O3/c1-5(2)13-8(12)10-6-3-7(11)9-4-6/h5-6H,3-4H2,1-2H3,(H,9,11)(H,10,12). The molecule has 5 nitrogen and oxygen atoms in total. The van der Waals surface area contributed by atoms with E-state index in [0.29, 0.717) is 13.0 Å². The molecule has 1 saturated heterocycles. The summed E-state index contributed by atoms with van der Waals surface area (Å²) >= 11 is 0. The van der Waals surface area contributed by atoms with Crippen molar-refractivity contribution in [2.24, 2.45) is 0 Å². The smallest absolute Gasteiger partial charge is 0.407 e. The lowest BCUT2D eigenvalue weighted by Gasteiger charge is -2.12. The molecule has 0 saturated carbocycles. The summed E-state index contributed by atoms with van der Waals surface area (Å²) < 4.78 is 4.86. The van der Waals surface area contributed by atoms with Gasteiger partial charge in [0.2, 0.25) is 5.91 Å². The molecule has 1 rings (SSSR count). The minimum Gasteiger partial charge on any atom is -0.447 e. The number of hydrogen-bond donors (Lipinski definition) is 2. The third-order valence-electron chi connectivity index (χ3n) is 1.64. The summed E-state index contributed by atoms with van der Waals surface area (Å²) in [6, 6.07) is -0.126. The first-order chi connectivity index (χ1) is 6.08. The topological polar surface area (TPSA) is 67.4 Å². The van der Waals surface area contributed by atoms with Crippen LogP contribution >= 0.6 is 0 Å². The predicted molar refractivity (Wildman–Crippen MR) is 46.2 cm³/mol. The van der Waals surface area contributed by atoms with Gasteiger partial charge in [0.25, 0.3) is 0 Å². The van der Waals surface area contributed by atoms with E-state index in [2.05, 4.69) is 10.6 Å². The van der Waals surface area contributed by atoms with Crippen LogP contribution in [0.5, 0.6) is 0 Å². The van der Waals surface area contributed by atoms with Crippen molar-refractivity contribution in [1.82, 2.24) is 10.6 Å². The van der Waals surface area contributed by atoms with E-state index in [1.54, 1.807) is 13.8 Å². The molecule has 1 unspecified atom stereocenters. The predicted octanol–water partition coefficient (Wildman–Crippen LogP) is 0.00950. The molecule has 0 aliphatic carbocycles. The van der Waals surface area contributed by atoms with Crippen LogP contribution in [0.4, 0.5) is 4.79 Å². The van der Waals surface area contributed by atoms with Gasteiger partial charge in [0, 0.05) is 13.0 Å². The Kier molecular flexibility index (Phi) is 3.11. The first kappa shape index (κ1) is 9.83. The molecule has 13 heavy (non-hydrogen) atoms. The number of carbonyl (C=O) groups is 2. The largest absolute Gasteiger partial charge is 0.447 e. The molecule has 0 spiro atoms. The summed E-state index contributed by atoms with van der Waals surface area (Å²) in [5, 5.41) is 5.22. The highest BCUT2D eigenvalue weighted by molar-refractivity contribution is 5.80. The van der Waals surface area contributed by atoms with E-state index in [-0.39, 0.29) is 18.1 Å². The molecule has 1 fully saturated rings. The fraction of sp³-hybridized carbons (Fsp3) is 0.750. The Morgan fingerprint density at radius 2 is 2.38 bits per heavy atom. The van der Waals surface area contributed by atoms with Crippen LogP contribution in [0.2, 0.25) is 0 Å². The molecule has 0 radical (unpaired) electrons. The lowest BCUT2D eigenvalue weighted by Crippen LogP contribution is -2.37. The highest BCUT2D eigenvalue weighted by Crippen LogP contribution is 2.00. The van der Waals surface area contributed by atoms with Gasteiger partial charge in [0.05, 0.1) is 12.1 Å². The number of alkyl carbamates (subject to hydrolysis) is 1. The van der Waals surface area contributed by atoms with Gasteiger partial charge in [-0.1, -0.05) is 0 Å². The molecule has 74 valence electrons. The second-order valence-corrected chi connectivity index (χ2v) is 3.30. The maximum Gasteiger partial charge on any atom is 0.407 e. The summed E-state index contributed by atoms with van der Waals surface area (Å²) in [7, 11) is 0. The van der Waals surface area contributed by atoms with E-state index in [0.717, 1.165) is 0 Å². The summed E-state index contributed by atoms with van der Waals surface area (Å²) in [6.07, 6.45) is -0.255. The molecule has 1 atom stereocenters. The van der Waals surface area contributed by atoms with Crippen molar-refractivity contribution in [1.29, 1.82) is 0 Å². The van der Waals surface area contributed by atoms with Crippen molar-refractivity contribution in [2.75, 3.05) is 6.54 Å². The van der Waals surface area contributed by atoms with E-state index in [1.807, 2.05) is 0 Å². The Hall–Kier alpha value is -1.26. The van der Waals surface area contributed by atoms with Crippen LogP contribution < -0.4 is 10.6 Å². The molecule has 2 amide bonds. The maximum absolute atomic E-state index is 11.0. The average molecular weight is 186 g/mol. The number of nitrogens with one attached hydrogen (secondary N) is 2. The monoisotopic (exact) mass is 186 g/mol. The van der Waals surface area contributed by atoms with Crippen molar-refractivity contribution in [3.05, 3.63) is 0 Å². The zero-order valence-corrected chi connectivity index (χ0v) is 7.79. The summed E-state index contributed by atoms with van der Waals surface area (Å²) in [6.45, 7) is 4.04. The normalized spacial score (nSPS) is 21.5. The molecule has 0 aromatic heterocycles. The van der Waals surface area contributed by atoms with Gasteiger partial charge in [-0.2, -0.15) is 0 Å². The maximum atomic E-state index is 11.0. The number of rotatable bonds is 2. The third kappa shape index (κ3) is 3.31. The van der Waals surface area contributed by atoms with Gasteiger partial charge in [-0.3, -0.25) is 4.79 Å². The molecule has 2 N–H and O–H groups in total. The van der Waals surface area contributed by atoms with Crippen molar-refractivity contribution in [3.63, 3.8) is 0 Å². The Labute approximate surface area is 76.8 Å². The van der Waals surface area contributed by atoms with Crippen LogP contribution in [0, 0.1) is 0 Å². The first-order valence-electron chi connectivity index (χ1n) is 4.32. The molecule has 0 aromatic carbocycles. The quantitative estimate of drug-likeness (QED) is 0.638. The molecule has 0 bridgehead atoms. The zero-order valence-electron chi connectivity index (χ0n) is 7.79. The Bertz CT molecular complexity index is 215. The van der Waals surface area contributed by atoms with Crippen LogP contribution in [-0.4, -0.2) is 30.7 Å². The van der Waals surface area contributed by atoms with Gasteiger partial charge >= 0.3 is 6.09 Å². The molecule has 1 aliphatic heterocycles.